The summed E-state index contributed by atoms with van der Waals surface area (Å²) >= 11 is 0. The molecule has 0 radical (unpaired) electrons. The molecule has 1 amide bonds. The quantitative estimate of drug-likeness (QED) is 0.484. The number of hydrogen-bond acceptors (Lipinski definition) is 3. The highest BCUT2D eigenvalue weighted by Crippen LogP contribution is 2.11. The van der Waals surface area contributed by atoms with Gasteiger partial charge in [0, 0.05) is 0 Å². The summed E-state index contributed by atoms with van der Waals surface area (Å²) in [5.74, 6) is -1.88. The Morgan fingerprint density at radius 3 is 2.17 bits per heavy atom. The number of rotatable bonds is 7. The van der Waals surface area contributed by atoms with E-state index >= 15 is 0 Å². The van der Waals surface area contributed by atoms with Gasteiger partial charge in [-0.1, -0.05) is 66.7 Å². The van der Waals surface area contributed by atoms with Gasteiger partial charge in [0.1, 0.15) is 0 Å². The van der Waals surface area contributed by atoms with E-state index in [9.17, 15) is 14.4 Å². The molecule has 0 aliphatic rings. The highest BCUT2D eigenvalue weighted by atomic mass is 16.2. The minimum atomic E-state index is -0.743. The maximum absolute atomic E-state index is 11.9. The molecule has 24 heavy (non-hydrogen) atoms. The first-order valence-electron chi connectivity index (χ1n) is 7.71. The Balaban J connectivity index is 1.86. The van der Waals surface area contributed by atoms with Crippen molar-refractivity contribution in [2.45, 2.75) is 19.4 Å². The van der Waals surface area contributed by atoms with Crippen molar-refractivity contribution in [2.75, 3.05) is 0 Å². The van der Waals surface area contributed by atoms with E-state index in [1.165, 1.54) is 6.08 Å². The molecule has 4 nitrogen and oxygen atoms in total. The van der Waals surface area contributed by atoms with Crippen LogP contribution in [0, 0.1) is 0 Å². The Morgan fingerprint density at radius 2 is 1.54 bits per heavy atom. The Kier molecular flexibility index (Phi) is 6.20. The fraction of sp³-hybridized carbons (Fsp3) is 0.150. The molecule has 2 aromatic carbocycles. The molecule has 0 aliphatic carbocycles. The summed E-state index contributed by atoms with van der Waals surface area (Å²) in [7, 11) is 0. The van der Waals surface area contributed by atoms with Crippen LogP contribution in [0.4, 0.5) is 0 Å². The van der Waals surface area contributed by atoms with Crippen LogP contribution in [0.5, 0.6) is 0 Å². The molecule has 4 heteroatoms. The summed E-state index contributed by atoms with van der Waals surface area (Å²) in [5.41, 5.74) is 1.76. The second kappa shape index (κ2) is 8.58. The smallest absolute Gasteiger partial charge is 0.288 e. The number of ketones is 2. The molecule has 0 spiro atoms. The van der Waals surface area contributed by atoms with E-state index in [4.69, 9.17) is 0 Å². The van der Waals surface area contributed by atoms with Gasteiger partial charge in [-0.05, 0) is 24.1 Å². The summed E-state index contributed by atoms with van der Waals surface area (Å²) in [6.45, 7) is 1.79. The molecule has 0 aromatic heterocycles. The first-order chi connectivity index (χ1) is 11.6. The van der Waals surface area contributed by atoms with Crippen molar-refractivity contribution in [3.63, 3.8) is 0 Å². The number of benzene rings is 2. The van der Waals surface area contributed by atoms with Crippen LogP contribution >= 0.6 is 0 Å². The number of amides is 1. The van der Waals surface area contributed by atoms with Gasteiger partial charge in [0.15, 0.2) is 5.78 Å². The van der Waals surface area contributed by atoms with Gasteiger partial charge in [0.2, 0.25) is 5.78 Å². The normalized spacial score (nSPS) is 11.9. The van der Waals surface area contributed by atoms with E-state index in [1.807, 2.05) is 60.7 Å². The summed E-state index contributed by atoms with van der Waals surface area (Å²) < 4.78 is 0. The van der Waals surface area contributed by atoms with Gasteiger partial charge in [0.25, 0.3) is 5.91 Å². The zero-order valence-electron chi connectivity index (χ0n) is 13.4. The monoisotopic (exact) mass is 321 g/mol. The molecule has 0 bridgehead atoms. The lowest BCUT2D eigenvalue weighted by Crippen LogP contribution is -2.34. The van der Waals surface area contributed by atoms with Gasteiger partial charge < -0.3 is 5.32 Å². The van der Waals surface area contributed by atoms with Crippen molar-refractivity contribution < 1.29 is 14.4 Å². The van der Waals surface area contributed by atoms with Gasteiger partial charge in [-0.2, -0.15) is 0 Å². The Bertz CT molecular complexity index is 736. The number of nitrogens with one attached hydrogen (secondary N) is 1. The fourth-order valence-corrected chi connectivity index (χ4v) is 2.15. The number of Topliss-reactive ketones (excluding diaryl/α,β-unsaturated/α-hetero) is 1. The molecule has 2 aromatic rings. The third-order valence-electron chi connectivity index (χ3n) is 3.50. The van der Waals surface area contributed by atoms with Gasteiger partial charge in [-0.25, -0.2) is 0 Å². The molecule has 122 valence electrons. The molecule has 1 atom stereocenters. The van der Waals surface area contributed by atoms with Crippen LogP contribution in [0.3, 0.4) is 0 Å². The van der Waals surface area contributed by atoms with Crippen LogP contribution in [0.25, 0.3) is 6.08 Å². The van der Waals surface area contributed by atoms with Crippen molar-refractivity contribution in [1.82, 2.24) is 5.32 Å². The zero-order chi connectivity index (χ0) is 17.4. The fourth-order valence-electron chi connectivity index (χ4n) is 2.15. The highest BCUT2D eigenvalue weighted by Gasteiger charge is 2.18. The van der Waals surface area contributed by atoms with Crippen LogP contribution in [0.1, 0.15) is 30.5 Å². The predicted octanol–water partition coefficient (Wildman–Crippen LogP) is 3.11. The van der Waals surface area contributed by atoms with Crippen molar-refractivity contribution in [2.24, 2.45) is 0 Å². The van der Waals surface area contributed by atoms with E-state index in [1.54, 1.807) is 13.0 Å². The van der Waals surface area contributed by atoms with E-state index < -0.39 is 23.9 Å². The predicted molar refractivity (Wildman–Crippen MR) is 93.1 cm³/mol. The largest absolute Gasteiger partial charge is 0.343 e. The lowest BCUT2D eigenvalue weighted by atomic mass is 10.1. The molecule has 0 saturated carbocycles. The number of carbonyl (C=O) groups is 3. The minimum absolute atomic E-state index is 0.294. The lowest BCUT2D eigenvalue weighted by molar-refractivity contribution is -0.139. The first kappa shape index (κ1) is 17.3. The van der Waals surface area contributed by atoms with E-state index in [2.05, 4.69) is 5.32 Å². The van der Waals surface area contributed by atoms with E-state index in [0.717, 1.165) is 11.1 Å². The summed E-state index contributed by atoms with van der Waals surface area (Å²) in [6.07, 6.45) is 2.51. The molecule has 0 heterocycles. The Hall–Kier alpha value is -3.01. The number of allylic oxidation sites excluding steroid dienone is 1. The summed E-state index contributed by atoms with van der Waals surface area (Å²) in [6, 6.07) is 18.3. The van der Waals surface area contributed by atoms with Crippen molar-refractivity contribution in [3.05, 3.63) is 77.9 Å². The maximum atomic E-state index is 11.9. The summed E-state index contributed by atoms with van der Waals surface area (Å²) in [5, 5.41) is 2.61. The second-order valence-electron chi connectivity index (χ2n) is 5.42. The number of hydrogen-bond donors (Lipinski definition) is 1. The van der Waals surface area contributed by atoms with Crippen molar-refractivity contribution in [3.8, 4) is 0 Å². The molecule has 0 saturated heterocycles. The second-order valence-corrected chi connectivity index (χ2v) is 5.42. The van der Waals surface area contributed by atoms with Gasteiger partial charge in [0.05, 0.1) is 12.5 Å². The third kappa shape index (κ3) is 5.32. The van der Waals surface area contributed by atoms with Crippen LogP contribution in [0.2, 0.25) is 0 Å². The van der Waals surface area contributed by atoms with E-state index in [-0.39, 0.29) is 6.04 Å². The molecule has 2 rings (SSSR count). The van der Waals surface area contributed by atoms with Crippen LogP contribution < -0.4 is 5.32 Å². The molecule has 0 unspecified atom stereocenters. The van der Waals surface area contributed by atoms with Crippen molar-refractivity contribution in [1.29, 1.82) is 0 Å². The average molecular weight is 321 g/mol. The highest BCUT2D eigenvalue weighted by molar-refractivity contribution is 6.40. The topological polar surface area (TPSA) is 63.2 Å². The average Bonchev–Trinajstić information content (AvgIpc) is 2.61. The standard InChI is InChI=1S/C20H19NO3/c1-15(17-10-6-3-7-11-17)21-20(24)19(23)14-18(22)13-12-16-8-4-2-5-9-16/h2-13,15H,14H2,1H3,(H,21,24)/b13-12+/t15-/m0/s1. The zero-order valence-corrected chi connectivity index (χ0v) is 13.4. The molecular formula is C20H19NO3. The number of carbonyl (C=O) groups excluding carboxylic acids is 3. The van der Waals surface area contributed by atoms with Gasteiger partial charge in [-0.15, -0.1) is 0 Å². The van der Waals surface area contributed by atoms with Gasteiger partial charge >= 0.3 is 0 Å². The maximum Gasteiger partial charge on any atom is 0.288 e. The minimum Gasteiger partial charge on any atom is -0.343 e. The Labute approximate surface area is 141 Å². The van der Waals surface area contributed by atoms with Crippen LogP contribution in [-0.2, 0) is 14.4 Å². The molecular weight excluding hydrogens is 302 g/mol. The molecule has 0 aliphatic heterocycles. The van der Waals surface area contributed by atoms with Crippen LogP contribution in [-0.4, -0.2) is 17.5 Å². The van der Waals surface area contributed by atoms with Crippen LogP contribution in [0.15, 0.2) is 66.7 Å². The van der Waals surface area contributed by atoms with Gasteiger partial charge in [-0.3, -0.25) is 14.4 Å². The first-order valence-corrected chi connectivity index (χ1v) is 7.71. The lowest BCUT2D eigenvalue weighted by Gasteiger charge is -2.13. The Morgan fingerprint density at radius 1 is 0.958 bits per heavy atom. The molecule has 0 fully saturated rings. The van der Waals surface area contributed by atoms with Crippen molar-refractivity contribution >= 4 is 23.5 Å². The third-order valence-corrected chi connectivity index (χ3v) is 3.50. The van der Waals surface area contributed by atoms with E-state index in [0.29, 0.717) is 0 Å². The SMILES string of the molecule is C[C@H](NC(=O)C(=O)CC(=O)/C=C/c1ccccc1)c1ccccc1. The summed E-state index contributed by atoms with van der Waals surface area (Å²) in [4.78, 5) is 35.6. The molecule has 1 N–H and O–H groups in total.